The fourth-order valence-electron chi connectivity index (χ4n) is 1.11. The fourth-order valence-corrected chi connectivity index (χ4v) is 1.11. The Labute approximate surface area is 74.2 Å². The van der Waals surface area contributed by atoms with Crippen molar-refractivity contribution in [2.75, 3.05) is 7.11 Å². The summed E-state index contributed by atoms with van der Waals surface area (Å²) in [4.78, 5) is 7.07. The number of aromatic nitrogens is 2. The second kappa shape index (κ2) is 2.97. The van der Waals surface area contributed by atoms with Crippen LogP contribution in [0, 0.1) is 6.08 Å². The number of hydrogen-bond donors (Lipinski definition) is 0. The highest BCUT2D eigenvalue weighted by molar-refractivity contribution is 5.78. The molecule has 0 saturated carbocycles. The number of ether oxygens (including phenoxy) is 1. The SMILES string of the molecule is COc1ccc2cnc(F)nc2c1. The molecule has 0 aliphatic carbocycles. The van der Waals surface area contributed by atoms with Gasteiger partial charge in [0, 0.05) is 17.6 Å². The third-order valence-electron chi connectivity index (χ3n) is 1.76. The molecule has 0 fully saturated rings. The minimum Gasteiger partial charge on any atom is -0.497 e. The van der Waals surface area contributed by atoms with E-state index in [0.29, 0.717) is 11.3 Å². The average Bonchev–Trinajstić information content (AvgIpc) is 2.16. The lowest BCUT2D eigenvalue weighted by Gasteiger charge is -2.00. The third kappa shape index (κ3) is 1.42. The van der Waals surface area contributed by atoms with Crippen molar-refractivity contribution in [2.45, 2.75) is 0 Å². The van der Waals surface area contributed by atoms with Gasteiger partial charge in [-0.1, -0.05) is 0 Å². The molecule has 0 unspecified atom stereocenters. The van der Waals surface area contributed by atoms with Crippen molar-refractivity contribution in [1.29, 1.82) is 0 Å². The summed E-state index contributed by atoms with van der Waals surface area (Å²) in [6, 6.07) is 5.23. The quantitative estimate of drug-likeness (QED) is 0.624. The van der Waals surface area contributed by atoms with E-state index in [4.69, 9.17) is 4.74 Å². The first kappa shape index (κ1) is 7.91. The maximum Gasteiger partial charge on any atom is 0.309 e. The Hall–Kier alpha value is -1.71. The van der Waals surface area contributed by atoms with Crippen molar-refractivity contribution >= 4 is 10.9 Å². The van der Waals surface area contributed by atoms with Gasteiger partial charge in [-0.3, -0.25) is 0 Å². The van der Waals surface area contributed by atoms with Gasteiger partial charge in [0.25, 0.3) is 0 Å². The molecule has 0 bridgehead atoms. The molecule has 0 saturated heterocycles. The lowest BCUT2D eigenvalue weighted by Crippen LogP contribution is -1.89. The minimum atomic E-state index is -0.722. The van der Waals surface area contributed by atoms with Gasteiger partial charge in [0.05, 0.1) is 12.6 Å². The predicted molar refractivity (Wildman–Crippen MR) is 46.0 cm³/mol. The second-order valence-corrected chi connectivity index (χ2v) is 2.56. The van der Waals surface area contributed by atoms with E-state index in [0.717, 1.165) is 5.39 Å². The van der Waals surface area contributed by atoms with Crippen LogP contribution in [0.25, 0.3) is 10.9 Å². The molecule has 0 aliphatic heterocycles. The topological polar surface area (TPSA) is 35.0 Å². The normalized spacial score (nSPS) is 10.3. The molecule has 3 nitrogen and oxygen atoms in total. The summed E-state index contributed by atoms with van der Waals surface area (Å²) in [5.41, 5.74) is 0.548. The van der Waals surface area contributed by atoms with Gasteiger partial charge in [-0.15, -0.1) is 0 Å². The van der Waals surface area contributed by atoms with Crippen LogP contribution in [0.5, 0.6) is 5.75 Å². The van der Waals surface area contributed by atoms with Gasteiger partial charge in [0.1, 0.15) is 5.75 Å². The van der Waals surface area contributed by atoms with E-state index in [-0.39, 0.29) is 0 Å². The molecule has 1 aromatic carbocycles. The van der Waals surface area contributed by atoms with Gasteiger partial charge in [-0.25, -0.2) is 9.97 Å². The van der Waals surface area contributed by atoms with Gasteiger partial charge in [0.15, 0.2) is 0 Å². The molecule has 66 valence electrons. The van der Waals surface area contributed by atoms with Gasteiger partial charge < -0.3 is 4.74 Å². The summed E-state index contributed by atoms with van der Waals surface area (Å²) in [7, 11) is 1.55. The lowest BCUT2D eigenvalue weighted by atomic mass is 10.2. The number of nitrogens with zero attached hydrogens (tertiary/aromatic N) is 2. The maximum atomic E-state index is 12.6. The molecule has 1 aromatic heterocycles. The first-order valence-electron chi connectivity index (χ1n) is 3.76. The van der Waals surface area contributed by atoms with Gasteiger partial charge >= 0.3 is 6.08 Å². The highest BCUT2D eigenvalue weighted by atomic mass is 19.1. The Bertz CT molecular complexity index is 445. The number of fused-ring (bicyclic) bond motifs is 1. The molecule has 0 aliphatic rings. The number of rotatable bonds is 1. The summed E-state index contributed by atoms with van der Waals surface area (Å²) in [6.07, 6.45) is 0.720. The van der Waals surface area contributed by atoms with E-state index in [1.165, 1.54) is 6.20 Å². The van der Waals surface area contributed by atoms with Crippen LogP contribution in [0.4, 0.5) is 4.39 Å². The van der Waals surface area contributed by atoms with Crippen molar-refractivity contribution < 1.29 is 9.13 Å². The number of hydrogen-bond acceptors (Lipinski definition) is 3. The molecule has 2 aromatic rings. The van der Waals surface area contributed by atoms with Crippen molar-refractivity contribution in [3.63, 3.8) is 0 Å². The summed E-state index contributed by atoms with van der Waals surface area (Å²) >= 11 is 0. The van der Waals surface area contributed by atoms with Crippen molar-refractivity contribution in [2.24, 2.45) is 0 Å². The fraction of sp³-hybridized carbons (Fsp3) is 0.111. The highest BCUT2D eigenvalue weighted by Crippen LogP contribution is 2.17. The van der Waals surface area contributed by atoms with E-state index in [9.17, 15) is 4.39 Å². The average molecular weight is 178 g/mol. The lowest BCUT2D eigenvalue weighted by molar-refractivity contribution is 0.415. The van der Waals surface area contributed by atoms with E-state index < -0.39 is 6.08 Å². The van der Waals surface area contributed by atoms with Crippen LogP contribution in [0.15, 0.2) is 24.4 Å². The largest absolute Gasteiger partial charge is 0.497 e. The molecule has 0 atom stereocenters. The van der Waals surface area contributed by atoms with E-state index >= 15 is 0 Å². The summed E-state index contributed by atoms with van der Waals surface area (Å²) < 4.78 is 17.6. The first-order chi connectivity index (χ1) is 6.29. The number of halogens is 1. The molecular formula is C9H7FN2O. The third-order valence-corrected chi connectivity index (χ3v) is 1.76. The number of methoxy groups -OCH3 is 1. The summed E-state index contributed by atoms with van der Waals surface area (Å²) in [6.45, 7) is 0. The Morgan fingerprint density at radius 2 is 2.23 bits per heavy atom. The van der Waals surface area contributed by atoms with Gasteiger partial charge in [0.2, 0.25) is 0 Å². The summed E-state index contributed by atoms with van der Waals surface area (Å²) in [5, 5.41) is 0.794. The van der Waals surface area contributed by atoms with Crippen LogP contribution >= 0.6 is 0 Å². The van der Waals surface area contributed by atoms with E-state index in [1.54, 1.807) is 25.3 Å². The Morgan fingerprint density at radius 3 is 3.00 bits per heavy atom. The maximum absolute atomic E-state index is 12.6. The summed E-state index contributed by atoms with van der Waals surface area (Å²) in [5.74, 6) is 0.658. The van der Waals surface area contributed by atoms with Crippen molar-refractivity contribution in [1.82, 2.24) is 9.97 Å². The van der Waals surface area contributed by atoms with Crippen molar-refractivity contribution in [3.05, 3.63) is 30.5 Å². The molecule has 0 radical (unpaired) electrons. The smallest absolute Gasteiger partial charge is 0.309 e. The van der Waals surface area contributed by atoms with Crippen LogP contribution in [-0.2, 0) is 0 Å². The Kier molecular flexibility index (Phi) is 1.81. The Balaban J connectivity index is 2.68. The van der Waals surface area contributed by atoms with Crippen LogP contribution in [0.1, 0.15) is 0 Å². The standard InChI is InChI=1S/C9H7FN2O/c1-13-7-3-2-6-5-11-9(10)12-8(6)4-7/h2-5H,1H3. The van der Waals surface area contributed by atoms with E-state index in [2.05, 4.69) is 9.97 Å². The highest BCUT2D eigenvalue weighted by Gasteiger charge is 1.99. The number of benzene rings is 1. The molecule has 0 amide bonds. The molecule has 13 heavy (non-hydrogen) atoms. The molecule has 2 rings (SSSR count). The zero-order valence-electron chi connectivity index (χ0n) is 6.99. The van der Waals surface area contributed by atoms with Crippen molar-refractivity contribution in [3.8, 4) is 5.75 Å². The minimum absolute atomic E-state index is 0.548. The molecule has 1 heterocycles. The predicted octanol–water partition coefficient (Wildman–Crippen LogP) is 1.78. The van der Waals surface area contributed by atoms with Gasteiger partial charge in [-0.2, -0.15) is 4.39 Å². The van der Waals surface area contributed by atoms with E-state index in [1.807, 2.05) is 0 Å². The second-order valence-electron chi connectivity index (χ2n) is 2.56. The molecule has 4 heteroatoms. The van der Waals surface area contributed by atoms with Gasteiger partial charge in [-0.05, 0) is 12.1 Å². The van der Waals surface area contributed by atoms with Crippen LogP contribution in [-0.4, -0.2) is 17.1 Å². The monoisotopic (exact) mass is 178 g/mol. The Morgan fingerprint density at radius 1 is 1.38 bits per heavy atom. The van der Waals surface area contributed by atoms with Crippen LogP contribution in [0.3, 0.4) is 0 Å². The molecule has 0 spiro atoms. The molecular weight excluding hydrogens is 171 g/mol. The van der Waals surface area contributed by atoms with Crippen LogP contribution < -0.4 is 4.74 Å². The molecule has 0 N–H and O–H groups in total. The van der Waals surface area contributed by atoms with Crippen LogP contribution in [0.2, 0.25) is 0 Å². The first-order valence-corrected chi connectivity index (χ1v) is 3.76. The zero-order valence-corrected chi connectivity index (χ0v) is 6.99. The zero-order chi connectivity index (χ0) is 9.26.